The van der Waals surface area contributed by atoms with Crippen molar-refractivity contribution in [3.05, 3.63) is 53.9 Å². The zero-order chi connectivity index (χ0) is 18.5. The zero-order valence-electron chi connectivity index (χ0n) is 14.7. The van der Waals surface area contributed by atoms with Crippen LogP contribution < -0.4 is 10.2 Å². The van der Waals surface area contributed by atoms with Gasteiger partial charge in [-0.05, 0) is 25.1 Å². The Morgan fingerprint density at radius 2 is 1.77 bits per heavy atom. The van der Waals surface area contributed by atoms with Crippen molar-refractivity contribution in [2.24, 2.45) is 0 Å². The van der Waals surface area contributed by atoms with Gasteiger partial charge in [0, 0.05) is 43.6 Å². The summed E-state index contributed by atoms with van der Waals surface area (Å²) >= 11 is 0. The van der Waals surface area contributed by atoms with Crippen LogP contribution in [0.5, 0.6) is 0 Å². The smallest absolute Gasteiger partial charge is 0.268 e. The van der Waals surface area contributed by atoms with Crippen LogP contribution >= 0.6 is 0 Å². The minimum absolute atomic E-state index is 0.0569. The van der Waals surface area contributed by atoms with E-state index in [9.17, 15) is 14.4 Å². The number of amides is 2. The Labute approximate surface area is 152 Å². The van der Waals surface area contributed by atoms with Crippen molar-refractivity contribution < 1.29 is 14.4 Å². The molecule has 1 aromatic carbocycles. The van der Waals surface area contributed by atoms with Gasteiger partial charge in [-0.3, -0.25) is 14.4 Å². The molecule has 3 rings (SSSR count). The van der Waals surface area contributed by atoms with E-state index in [0.717, 1.165) is 18.8 Å². The number of rotatable bonds is 5. The average molecular weight is 354 g/mol. The van der Waals surface area contributed by atoms with E-state index in [-0.39, 0.29) is 23.9 Å². The van der Waals surface area contributed by atoms with Gasteiger partial charge >= 0.3 is 0 Å². The third-order valence-electron chi connectivity index (χ3n) is 4.49. The van der Waals surface area contributed by atoms with Crippen molar-refractivity contribution in [1.82, 2.24) is 15.2 Å². The van der Waals surface area contributed by atoms with Gasteiger partial charge in [0.15, 0.2) is 5.78 Å². The number of hydrogen-bond donors (Lipinski definition) is 2. The number of ketones is 1. The molecule has 0 unspecified atom stereocenters. The fraction of sp³-hybridized carbons (Fsp3) is 0.316. The molecule has 136 valence electrons. The summed E-state index contributed by atoms with van der Waals surface area (Å²) in [5, 5.41) is 2.60. The minimum atomic E-state index is -0.395. The lowest BCUT2D eigenvalue weighted by atomic mass is 10.2. The van der Waals surface area contributed by atoms with Crippen LogP contribution in [0.1, 0.15) is 27.8 Å². The molecular weight excluding hydrogens is 332 g/mol. The zero-order valence-corrected chi connectivity index (χ0v) is 14.7. The maximum absolute atomic E-state index is 12.3. The highest BCUT2D eigenvalue weighted by atomic mass is 16.2. The number of para-hydroxylation sites is 1. The first kappa shape index (κ1) is 17.7. The predicted octanol–water partition coefficient (Wildman–Crippen LogP) is 1.30. The highest BCUT2D eigenvalue weighted by Gasteiger charge is 2.21. The number of carbonyl (C=O) groups excluding carboxylic acids is 3. The molecular formula is C19H22N4O3. The lowest BCUT2D eigenvalue weighted by Gasteiger charge is -2.36. The minimum Gasteiger partial charge on any atom is -0.368 e. The second kappa shape index (κ2) is 7.86. The number of hydrogen-bond acceptors (Lipinski definition) is 4. The molecule has 1 saturated heterocycles. The largest absolute Gasteiger partial charge is 0.368 e. The lowest BCUT2D eigenvalue weighted by Crippen LogP contribution is -2.51. The summed E-state index contributed by atoms with van der Waals surface area (Å²) in [5.41, 5.74) is 1.87. The Morgan fingerprint density at radius 1 is 1.08 bits per heavy atom. The number of H-pyrrole nitrogens is 1. The number of Topliss-reactive ketones (excluding diaryl/α,β-unsaturated/α-hetero) is 1. The van der Waals surface area contributed by atoms with Gasteiger partial charge in [0.05, 0.1) is 6.54 Å². The normalized spacial score (nSPS) is 14.2. The van der Waals surface area contributed by atoms with Crippen LogP contribution in [0.15, 0.2) is 42.6 Å². The van der Waals surface area contributed by atoms with Crippen molar-refractivity contribution in [2.45, 2.75) is 6.92 Å². The molecule has 0 atom stereocenters. The van der Waals surface area contributed by atoms with E-state index in [1.54, 1.807) is 4.90 Å². The molecule has 1 aliphatic heterocycles. The van der Waals surface area contributed by atoms with Gasteiger partial charge in [0.2, 0.25) is 5.91 Å². The highest BCUT2D eigenvalue weighted by Crippen LogP contribution is 2.15. The highest BCUT2D eigenvalue weighted by molar-refractivity contribution is 5.99. The van der Waals surface area contributed by atoms with Crippen LogP contribution in [-0.4, -0.2) is 60.2 Å². The third-order valence-corrected chi connectivity index (χ3v) is 4.49. The molecule has 1 aromatic heterocycles. The maximum atomic E-state index is 12.3. The van der Waals surface area contributed by atoms with Crippen LogP contribution in [0.25, 0.3) is 0 Å². The number of piperazine rings is 1. The predicted molar refractivity (Wildman–Crippen MR) is 98.4 cm³/mol. The van der Waals surface area contributed by atoms with Gasteiger partial charge < -0.3 is 20.1 Å². The number of aromatic nitrogens is 1. The van der Waals surface area contributed by atoms with Gasteiger partial charge in [-0.15, -0.1) is 0 Å². The molecule has 7 heteroatoms. The number of nitrogens with zero attached hydrogens (tertiary/aromatic N) is 2. The summed E-state index contributed by atoms with van der Waals surface area (Å²) in [7, 11) is 0. The molecule has 0 aliphatic carbocycles. The molecule has 0 spiro atoms. The lowest BCUT2D eigenvalue weighted by molar-refractivity contribution is -0.130. The van der Waals surface area contributed by atoms with E-state index in [1.165, 1.54) is 19.2 Å². The SMILES string of the molecule is CC(=O)c1c[nH]c(C(=O)NCC(=O)N2CCN(c3ccccc3)CC2)c1. The summed E-state index contributed by atoms with van der Waals surface area (Å²) in [6.07, 6.45) is 1.49. The standard InChI is InChI=1S/C19H22N4O3/c1-14(24)15-11-17(20-12-15)19(26)21-13-18(25)23-9-7-22(8-10-23)16-5-3-2-4-6-16/h2-6,11-12,20H,7-10,13H2,1H3,(H,21,26). The second-order valence-corrected chi connectivity index (χ2v) is 6.24. The van der Waals surface area contributed by atoms with E-state index in [0.29, 0.717) is 18.7 Å². The molecule has 2 N–H and O–H groups in total. The number of aromatic amines is 1. The number of benzene rings is 1. The first-order chi connectivity index (χ1) is 12.5. The van der Waals surface area contributed by atoms with Gasteiger partial charge in [-0.2, -0.15) is 0 Å². The van der Waals surface area contributed by atoms with Crippen molar-refractivity contribution in [1.29, 1.82) is 0 Å². The summed E-state index contributed by atoms with van der Waals surface area (Å²) < 4.78 is 0. The summed E-state index contributed by atoms with van der Waals surface area (Å²) in [6.45, 7) is 4.16. The summed E-state index contributed by atoms with van der Waals surface area (Å²) in [5.74, 6) is -0.620. The molecule has 0 bridgehead atoms. The van der Waals surface area contributed by atoms with Crippen LogP contribution in [0.3, 0.4) is 0 Å². The molecule has 1 fully saturated rings. The van der Waals surface area contributed by atoms with Gasteiger partial charge in [0.1, 0.15) is 5.69 Å². The Bertz CT molecular complexity index is 792. The maximum Gasteiger partial charge on any atom is 0.268 e. The van der Waals surface area contributed by atoms with E-state index in [1.807, 2.05) is 18.2 Å². The monoisotopic (exact) mass is 354 g/mol. The fourth-order valence-electron chi connectivity index (χ4n) is 2.94. The number of nitrogens with one attached hydrogen (secondary N) is 2. The molecule has 2 heterocycles. The van der Waals surface area contributed by atoms with Crippen LogP contribution in [0.4, 0.5) is 5.69 Å². The molecule has 0 saturated carbocycles. The van der Waals surface area contributed by atoms with Gasteiger partial charge in [0.25, 0.3) is 5.91 Å². The molecule has 2 aromatic rings. The van der Waals surface area contributed by atoms with Crippen molar-refractivity contribution >= 4 is 23.3 Å². The molecule has 26 heavy (non-hydrogen) atoms. The number of carbonyl (C=O) groups is 3. The fourth-order valence-corrected chi connectivity index (χ4v) is 2.94. The van der Waals surface area contributed by atoms with E-state index in [2.05, 4.69) is 27.3 Å². The van der Waals surface area contributed by atoms with Gasteiger partial charge in [-0.25, -0.2) is 0 Å². The van der Waals surface area contributed by atoms with Crippen molar-refractivity contribution in [2.75, 3.05) is 37.6 Å². The molecule has 2 amide bonds. The Hall–Kier alpha value is -3.09. The quantitative estimate of drug-likeness (QED) is 0.793. The molecule has 7 nitrogen and oxygen atoms in total. The van der Waals surface area contributed by atoms with Gasteiger partial charge in [-0.1, -0.05) is 18.2 Å². The third kappa shape index (κ3) is 4.11. The van der Waals surface area contributed by atoms with Crippen LogP contribution in [-0.2, 0) is 4.79 Å². The molecule has 0 radical (unpaired) electrons. The topological polar surface area (TPSA) is 85.5 Å². The summed E-state index contributed by atoms with van der Waals surface area (Å²) in [4.78, 5) is 42.4. The van der Waals surface area contributed by atoms with Crippen molar-refractivity contribution in [3.8, 4) is 0 Å². The molecule has 1 aliphatic rings. The van der Waals surface area contributed by atoms with Crippen LogP contribution in [0.2, 0.25) is 0 Å². The Kier molecular flexibility index (Phi) is 5.36. The summed E-state index contributed by atoms with van der Waals surface area (Å²) in [6, 6.07) is 11.6. The first-order valence-electron chi connectivity index (χ1n) is 8.60. The first-order valence-corrected chi connectivity index (χ1v) is 8.60. The van der Waals surface area contributed by atoms with E-state index >= 15 is 0 Å². The van der Waals surface area contributed by atoms with E-state index in [4.69, 9.17) is 0 Å². The van der Waals surface area contributed by atoms with E-state index < -0.39 is 5.91 Å². The van der Waals surface area contributed by atoms with Crippen LogP contribution in [0, 0.1) is 0 Å². The second-order valence-electron chi connectivity index (χ2n) is 6.24. The Morgan fingerprint density at radius 3 is 2.38 bits per heavy atom. The average Bonchev–Trinajstić information content (AvgIpc) is 3.17. The Balaban J connectivity index is 1.47. The number of anilines is 1. The van der Waals surface area contributed by atoms with Crippen molar-refractivity contribution in [3.63, 3.8) is 0 Å².